The molecular formula is C23H32N6O. The Hall–Kier alpha value is -2.67. The Balaban J connectivity index is 1.55. The second kappa shape index (κ2) is 9.43. The van der Waals surface area contributed by atoms with E-state index < -0.39 is 0 Å². The Morgan fingerprint density at radius 3 is 2.87 bits per heavy atom. The third-order valence-corrected chi connectivity index (χ3v) is 6.02. The van der Waals surface area contributed by atoms with Crippen LogP contribution in [0, 0.1) is 11.8 Å². The molecule has 3 atom stereocenters. The summed E-state index contributed by atoms with van der Waals surface area (Å²) in [7, 11) is 0. The lowest BCUT2D eigenvalue weighted by molar-refractivity contribution is 0.189. The standard InChI is InChI=1S/C23H32N6O/c1-3-7-16(2)30-23-27-21(24)22-26-15-20(29(22)28-23)13-18-10-11-25-14-19(18)12-17-8-5-4-6-9-17/h4-6,8-9,15-16,18-19,25H,3,7,10-14H2,1-2H3,(H2,24,27,28)/t16-,18?,19?/m0/s1. The highest BCUT2D eigenvalue weighted by molar-refractivity contribution is 5.59. The number of nitrogens with two attached hydrogens (primary N) is 1. The van der Waals surface area contributed by atoms with Crippen LogP contribution in [0.25, 0.3) is 5.65 Å². The van der Waals surface area contributed by atoms with Gasteiger partial charge in [-0.15, -0.1) is 5.10 Å². The molecule has 0 saturated carbocycles. The van der Waals surface area contributed by atoms with Crippen LogP contribution < -0.4 is 15.8 Å². The van der Waals surface area contributed by atoms with E-state index in [9.17, 15) is 0 Å². The first-order valence-electron chi connectivity index (χ1n) is 11.1. The molecule has 1 aliphatic rings. The molecular weight excluding hydrogens is 376 g/mol. The van der Waals surface area contributed by atoms with E-state index in [0.29, 0.717) is 29.3 Å². The summed E-state index contributed by atoms with van der Waals surface area (Å²) in [6, 6.07) is 11.1. The SMILES string of the molecule is CCC[C@H](C)Oc1nc(N)c2ncc(CC3CCNCC3Cc3ccccc3)n2n1. The first-order valence-corrected chi connectivity index (χ1v) is 11.1. The van der Waals surface area contributed by atoms with Crippen molar-refractivity contribution in [1.29, 1.82) is 0 Å². The number of nitrogens with zero attached hydrogens (tertiary/aromatic N) is 4. The molecule has 3 aromatic rings. The van der Waals surface area contributed by atoms with Gasteiger partial charge in [-0.25, -0.2) is 9.50 Å². The first kappa shape index (κ1) is 20.6. The number of rotatable bonds is 8. The number of piperidine rings is 1. The van der Waals surface area contributed by atoms with Crippen molar-refractivity contribution in [3.05, 3.63) is 47.8 Å². The number of hydrogen-bond donors (Lipinski definition) is 2. The molecule has 3 heterocycles. The summed E-state index contributed by atoms with van der Waals surface area (Å²) >= 11 is 0. The highest BCUT2D eigenvalue weighted by atomic mass is 16.5. The molecule has 0 bridgehead atoms. The van der Waals surface area contributed by atoms with E-state index in [-0.39, 0.29) is 6.10 Å². The summed E-state index contributed by atoms with van der Waals surface area (Å²) in [6.07, 6.45) is 7.08. The van der Waals surface area contributed by atoms with Gasteiger partial charge in [0, 0.05) is 0 Å². The number of anilines is 1. The van der Waals surface area contributed by atoms with Gasteiger partial charge in [-0.1, -0.05) is 43.7 Å². The number of aromatic nitrogens is 4. The summed E-state index contributed by atoms with van der Waals surface area (Å²) < 4.78 is 7.73. The van der Waals surface area contributed by atoms with Crippen LogP contribution in [0.3, 0.4) is 0 Å². The highest BCUT2D eigenvalue weighted by Crippen LogP contribution is 2.28. The van der Waals surface area contributed by atoms with Gasteiger partial charge in [-0.3, -0.25) is 0 Å². The smallest absolute Gasteiger partial charge is 0.336 e. The number of benzene rings is 1. The molecule has 1 saturated heterocycles. The van der Waals surface area contributed by atoms with Gasteiger partial charge in [-0.2, -0.15) is 4.98 Å². The van der Waals surface area contributed by atoms with Crippen LogP contribution in [0.15, 0.2) is 36.5 Å². The fourth-order valence-corrected chi connectivity index (χ4v) is 4.43. The molecule has 1 aromatic carbocycles. The lowest BCUT2D eigenvalue weighted by Gasteiger charge is -2.32. The van der Waals surface area contributed by atoms with Crippen LogP contribution in [0.5, 0.6) is 6.01 Å². The van der Waals surface area contributed by atoms with Gasteiger partial charge in [0.05, 0.1) is 18.0 Å². The average molecular weight is 409 g/mol. The van der Waals surface area contributed by atoms with E-state index in [4.69, 9.17) is 10.5 Å². The lowest BCUT2D eigenvalue weighted by Crippen LogP contribution is -2.38. The van der Waals surface area contributed by atoms with Crippen molar-refractivity contribution in [2.75, 3.05) is 18.8 Å². The molecule has 0 radical (unpaired) electrons. The predicted octanol–water partition coefficient (Wildman–Crippen LogP) is 3.28. The third-order valence-electron chi connectivity index (χ3n) is 6.02. The first-order chi connectivity index (χ1) is 14.6. The maximum absolute atomic E-state index is 6.16. The van der Waals surface area contributed by atoms with Gasteiger partial charge >= 0.3 is 6.01 Å². The van der Waals surface area contributed by atoms with Crippen LogP contribution in [0.2, 0.25) is 0 Å². The quantitative estimate of drug-likeness (QED) is 0.594. The molecule has 2 unspecified atom stereocenters. The molecule has 30 heavy (non-hydrogen) atoms. The van der Waals surface area contributed by atoms with Crippen molar-refractivity contribution in [2.45, 2.75) is 52.1 Å². The Bertz CT molecular complexity index is 957. The summed E-state index contributed by atoms with van der Waals surface area (Å²) in [5, 5.41) is 8.18. The van der Waals surface area contributed by atoms with Crippen LogP contribution in [-0.2, 0) is 12.8 Å². The second-order valence-electron chi connectivity index (χ2n) is 8.39. The summed E-state index contributed by atoms with van der Waals surface area (Å²) in [6.45, 7) is 6.26. The third kappa shape index (κ3) is 4.73. The van der Waals surface area contributed by atoms with E-state index in [1.165, 1.54) is 5.56 Å². The number of imidazole rings is 1. The number of nitrogen functional groups attached to an aromatic ring is 1. The Kier molecular flexibility index (Phi) is 6.47. The van der Waals surface area contributed by atoms with Crippen molar-refractivity contribution in [1.82, 2.24) is 24.9 Å². The van der Waals surface area contributed by atoms with Gasteiger partial charge in [0.1, 0.15) is 0 Å². The number of nitrogens with one attached hydrogen (secondary N) is 1. The minimum absolute atomic E-state index is 0.0542. The van der Waals surface area contributed by atoms with Crippen LogP contribution in [-0.4, -0.2) is 38.8 Å². The monoisotopic (exact) mass is 408 g/mol. The lowest BCUT2D eigenvalue weighted by atomic mass is 9.80. The highest BCUT2D eigenvalue weighted by Gasteiger charge is 2.27. The van der Waals surface area contributed by atoms with E-state index >= 15 is 0 Å². The van der Waals surface area contributed by atoms with Crippen molar-refractivity contribution < 1.29 is 4.74 Å². The molecule has 0 aliphatic carbocycles. The summed E-state index contributed by atoms with van der Waals surface area (Å²) in [5.41, 5.74) is 9.22. The molecule has 1 fully saturated rings. The molecule has 160 valence electrons. The van der Waals surface area contributed by atoms with E-state index in [1.54, 1.807) is 0 Å². The topological polar surface area (TPSA) is 90.4 Å². The molecule has 0 spiro atoms. The Morgan fingerprint density at radius 2 is 2.07 bits per heavy atom. The normalized spacial score (nSPS) is 20.3. The van der Waals surface area contributed by atoms with E-state index in [2.05, 4.69) is 57.6 Å². The summed E-state index contributed by atoms with van der Waals surface area (Å²) in [5.74, 6) is 1.50. The van der Waals surface area contributed by atoms with Gasteiger partial charge in [0.15, 0.2) is 11.5 Å². The average Bonchev–Trinajstić information content (AvgIpc) is 3.14. The van der Waals surface area contributed by atoms with Crippen molar-refractivity contribution >= 4 is 11.5 Å². The van der Waals surface area contributed by atoms with Gasteiger partial charge in [0.2, 0.25) is 0 Å². The molecule has 1 aliphatic heterocycles. The maximum atomic E-state index is 6.16. The van der Waals surface area contributed by atoms with Crippen molar-refractivity contribution in [3.63, 3.8) is 0 Å². The Morgan fingerprint density at radius 1 is 1.23 bits per heavy atom. The van der Waals surface area contributed by atoms with Crippen molar-refractivity contribution in [3.8, 4) is 6.01 Å². The van der Waals surface area contributed by atoms with Crippen LogP contribution in [0.4, 0.5) is 5.82 Å². The van der Waals surface area contributed by atoms with Gasteiger partial charge in [-0.05, 0) is 63.1 Å². The van der Waals surface area contributed by atoms with Gasteiger partial charge < -0.3 is 15.8 Å². The minimum Gasteiger partial charge on any atom is -0.459 e. The Labute approximate surface area is 178 Å². The summed E-state index contributed by atoms with van der Waals surface area (Å²) in [4.78, 5) is 8.80. The van der Waals surface area contributed by atoms with Crippen LogP contribution >= 0.6 is 0 Å². The predicted molar refractivity (Wildman–Crippen MR) is 119 cm³/mol. The molecule has 0 amide bonds. The molecule has 7 heteroatoms. The zero-order valence-electron chi connectivity index (χ0n) is 17.9. The van der Waals surface area contributed by atoms with E-state index in [1.807, 2.05) is 17.6 Å². The maximum Gasteiger partial charge on any atom is 0.336 e. The molecule has 7 nitrogen and oxygen atoms in total. The second-order valence-corrected chi connectivity index (χ2v) is 8.39. The van der Waals surface area contributed by atoms with Crippen LogP contribution in [0.1, 0.15) is 44.4 Å². The molecule has 4 rings (SSSR count). The fourth-order valence-electron chi connectivity index (χ4n) is 4.43. The zero-order chi connectivity index (χ0) is 20.9. The molecule has 2 aromatic heterocycles. The number of hydrogen-bond acceptors (Lipinski definition) is 6. The fraction of sp³-hybridized carbons (Fsp3) is 0.522. The largest absolute Gasteiger partial charge is 0.459 e. The number of ether oxygens (including phenoxy) is 1. The van der Waals surface area contributed by atoms with E-state index in [0.717, 1.165) is 50.9 Å². The zero-order valence-corrected chi connectivity index (χ0v) is 17.9. The van der Waals surface area contributed by atoms with Gasteiger partial charge in [0.25, 0.3) is 0 Å². The molecule has 3 N–H and O–H groups in total. The number of fused-ring (bicyclic) bond motifs is 1. The van der Waals surface area contributed by atoms with Crippen molar-refractivity contribution in [2.24, 2.45) is 11.8 Å². The minimum atomic E-state index is 0.0542.